The molecule has 0 N–H and O–H groups in total. The number of carbonyl (C=O) groups excluding carboxylic acids is 1. The van der Waals surface area contributed by atoms with Gasteiger partial charge in [0.2, 0.25) is 5.89 Å². The first-order chi connectivity index (χ1) is 10.3. The van der Waals surface area contributed by atoms with E-state index in [9.17, 15) is 4.79 Å². The summed E-state index contributed by atoms with van der Waals surface area (Å²) in [5.41, 5.74) is -0.725. The van der Waals surface area contributed by atoms with E-state index in [1.54, 1.807) is 0 Å². The van der Waals surface area contributed by atoms with Crippen molar-refractivity contribution in [3.63, 3.8) is 0 Å². The summed E-state index contributed by atoms with van der Waals surface area (Å²) >= 11 is 0. The fourth-order valence-electron chi connectivity index (χ4n) is 3.29. The van der Waals surface area contributed by atoms with E-state index in [2.05, 4.69) is 10.1 Å². The minimum atomic E-state index is -0.725. The lowest BCUT2D eigenvalue weighted by molar-refractivity contribution is -0.151. The third-order valence-corrected chi connectivity index (χ3v) is 4.50. The molecule has 1 unspecified atom stereocenters. The zero-order valence-electron chi connectivity index (χ0n) is 12.5. The van der Waals surface area contributed by atoms with Crippen molar-refractivity contribution in [1.82, 2.24) is 10.1 Å². The summed E-state index contributed by atoms with van der Waals surface area (Å²) in [6.45, 7) is 3.62. The standard InChI is InChI=1S/C15H22N2O4/c1-2-20-14(18)15(7-3-4-8-15)13-16-12(17-21-13)11-6-5-9-19-10-11/h11H,2-10H2,1H3. The number of esters is 1. The second kappa shape index (κ2) is 6.13. The third kappa shape index (κ3) is 2.69. The molecule has 1 saturated heterocycles. The number of rotatable bonds is 4. The number of nitrogens with zero attached hydrogens (tertiary/aromatic N) is 2. The molecule has 6 heteroatoms. The first kappa shape index (κ1) is 14.5. The molecule has 6 nitrogen and oxygen atoms in total. The summed E-state index contributed by atoms with van der Waals surface area (Å²) in [4.78, 5) is 16.9. The average molecular weight is 294 g/mol. The molecule has 1 aliphatic carbocycles. The first-order valence-corrected chi connectivity index (χ1v) is 7.85. The summed E-state index contributed by atoms with van der Waals surface area (Å²) in [5.74, 6) is 1.05. The van der Waals surface area contributed by atoms with E-state index in [-0.39, 0.29) is 11.9 Å². The minimum absolute atomic E-state index is 0.178. The fourth-order valence-corrected chi connectivity index (χ4v) is 3.29. The lowest BCUT2D eigenvalue weighted by atomic mass is 9.86. The van der Waals surface area contributed by atoms with Crippen molar-refractivity contribution in [2.75, 3.05) is 19.8 Å². The van der Waals surface area contributed by atoms with Crippen LogP contribution in [-0.4, -0.2) is 35.9 Å². The number of hydrogen-bond donors (Lipinski definition) is 0. The van der Waals surface area contributed by atoms with Crippen LogP contribution in [0.25, 0.3) is 0 Å². The second-order valence-corrected chi connectivity index (χ2v) is 5.88. The summed E-state index contributed by atoms with van der Waals surface area (Å²) in [6, 6.07) is 0. The molecule has 1 atom stereocenters. The molecular formula is C15H22N2O4. The smallest absolute Gasteiger partial charge is 0.321 e. The predicted octanol–water partition coefficient (Wildman–Crippen LogP) is 2.34. The maximum atomic E-state index is 12.4. The van der Waals surface area contributed by atoms with Crippen molar-refractivity contribution in [1.29, 1.82) is 0 Å². The number of aromatic nitrogens is 2. The van der Waals surface area contributed by atoms with Crippen molar-refractivity contribution in [2.24, 2.45) is 0 Å². The highest BCUT2D eigenvalue weighted by Crippen LogP contribution is 2.42. The molecule has 0 aromatic carbocycles. The zero-order chi connectivity index (χ0) is 14.7. The van der Waals surface area contributed by atoms with Gasteiger partial charge < -0.3 is 14.0 Å². The maximum absolute atomic E-state index is 12.4. The van der Waals surface area contributed by atoms with Crippen LogP contribution in [-0.2, 0) is 19.7 Å². The molecule has 1 aromatic heterocycles. The molecule has 0 amide bonds. The van der Waals surface area contributed by atoms with E-state index >= 15 is 0 Å². The highest BCUT2D eigenvalue weighted by molar-refractivity contribution is 5.82. The van der Waals surface area contributed by atoms with Gasteiger partial charge in [0, 0.05) is 12.5 Å². The van der Waals surface area contributed by atoms with Crippen LogP contribution in [0.4, 0.5) is 0 Å². The normalized spacial score (nSPS) is 24.9. The molecule has 1 aliphatic heterocycles. The lowest BCUT2D eigenvalue weighted by Crippen LogP contribution is -2.35. The van der Waals surface area contributed by atoms with Gasteiger partial charge in [-0.2, -0.15) is 4.98 Å². The van der Waals surface area contributed by atoms with Gasteiger partial charge in [-0.15, -0.1) is 0 Å². The fraction of sp³-hybridized carbons (Fsp3) is 0.800. The van der Waals surface area contributed by atoms with Crippen LogP contribution < -0.4 is 0 Å². The van der Waals surface area contributed by atoms with Gasteiger partial charge in [0.05, 0.1) is 13.2 Å². The van der Waals surface area contributed by atoms with Gasteiger partial charge in [-0.3, -0.25) is 4.79 Å². The lowest BCUT2D eigenvalue weighted by Gasteiger charge is -2.22. The minimum Gasteiger partial charge on any atom is -0.465 e. The topological polar surface area (TPSA) is 74.5 Å². The zero-order valence-corrected chi connectivity index (χ0v) is 12.5. The van der Waals surface area contributed by atoms with Crippen molar-refractivity contribution >= 4 is 5.97 Å². The van der Waals surface area contributed by atoms with Gasteiger partial charge in [0.1, 0.15) is 5.41 Å². The SMILES string of the molecule is CCOC(=O)C1(c2nc(C3CCCOC3)no2)CCCC1. The molecule has 0 radical (unpaired) electrons. The molecule has 2 heterocycles. The van der Waals surface area contributed by atoms with Crippen LogP contribution in [0.1, 0.15) is 63.1 Å². The van der Waals surface area contributed by atoms with Gasteiger partial charge in [-0.1, -0.05) is 18.0 Å². The molecule has 3 rings (SSSR count). The highest BCUT2D eigenvalue weighted by atomic mass is 16.5. The van der Waals surface area contributed by atoms with E-state index in [0.717, 1.165) is 45.1 Å². The summed E-state index contributed by atoms with van der Waals surface area (Å²) < 4.78 is 16.2. The molecule has 1 saturated carbocycles. The summed E-state index contributed by atoms with van der Waals surface area (Å²) in [6.07, 6.45) is 5.46. The van der Waals surface area contributed by atoms with Gasteiger partial charge in [-0.25, -0.2) is 0 Å². The maximum Gasteiger partial charge on any atom is 0.321 e. The van der Waals surface area contributed by atoms with E-state index < -0.39 is 5.41 Å². The van der Waals surface area contributed by atoms with Crippen molar-refractivity contribution in [3.05, 3.63) is 11.7 Å². The van der Waals surface area contributed by atoms with E-state index in [1.165, 1.54) is 0 Å². The summed E-state index contributed by atoms with van der Waals surface area (Å²) in [5, 5.41) is 4.10. The Labute approximate surface area is 124 Å². The molecule has 2 aliphatic rings. The largest absolute Gasteiger partial charge is 0.465 e. The van der Waals surface area contributed by atoms with Crippen LogP contribution in [0.3, 0.4) is 0 Å². The quantitative estimate of drug-likeness (QED) is 0.793. The number of hydrogen-bond acceptors (Lipinski definition) is 6. The molecule has 0 spiro atoms. The Morgan fingerprint density at radius 2 is 2.19 bits per heavy atom. The molecule has 21 heavy (non-hydrogen) atoms. The van der Waals surface area contributed by atoms with Crippen LogP contribution in [0.15, 0.2) is 4.52 Å². The predicted molar refractivity (Wildman–Crippen MR) is 73.9 cm³/mol. The molecular weight excluding hydrogens is 272 g/mol. The molecule has 0 bridgehead atoms. The van der Waals surface area contributed by atoms with Crippen LogP contribution in [0.5, 0.6) is 0 Å². The van der Waals surface area contributed by atoms with Gasteiger partial charge in [-0.05, 0) is 32.6 Å². The Hall–Kier alpha value is -1.43. The van der Waals surface area contributed by atoms with Crippen LogP contribution in [0.2, 0.25) is 0 Å². The van der Waals surface area contributed by atoms with Crippen molar-refractivity contribution < 1.29 is 18.8 Å². The Balaban J connectivity index is 1.83. The Morgan fingerprint density at radius 1 is 1.38 bits per heavy atom. The Morgan fingerprint density at radius 3 is 2.86 bits per heavy atom. The third-order valence-electron chi connectivity index (χ3n) is 4.50. The average Bonchev–Trinajstić information content (AvgIpc) is 3.18. The van der Waals surface area contributed by atoms with E-state index in [1.807, 2.05) is 6.92 Å². The number of carbonyl (C=O) groups is 1. The van der Waals surface area contributed by atoms with Gasteiger partial charge in [0.15, 0.2) is 5.82 Å². The van der Waals surface area contributed by atoms with E-state index in [0.29, 0.717) is 24.9 Å². The molecule has 2 fully saturated rings. The second-order valence-electron chi connectivity index (χ2n) is 5.88. The van der Waals surface area contributed by atoms with Crippen molar-refractivity contribution in [2.45, 2.75) is 56.8 Å². The van der Waals surface area contributed by atoms with Gasteiger partial charge in [0.25, 0.3) is 0 Å². The van der Waals surface area contributed by atoms with Crippen molar-refractivity contribution in [3.8, 4) is 0 Å². The van der Waals surface area contributed by atoms with Gasteiger partial charge >= 0.3 is 5.97 Å². The molecule has 116 valence electrons. The number of ether oxygens (including phenoxy) is 2. The Bertz CT molecular complexity index is 488. The van der Waals surface area contributed by atoms with Crippen LogP contribution in [0, 0.1) is 0 Å². The Kier molecular flexibility index (Phi) is 4.24. The molecule has 1 aromatic rings. The van der Waals surface area contributed by atoms with Crippen LogP contribution >= 0.6 is 0 Å². The highest BCUT2D eigenvalue weighted by Gasteiger charge is 2.49. The summed E-state index contributed by atoms with van der Waals surface area (Å²) in [7, 11) is 0. The monoisotopic (exact) mass is 294 g/mol. The van der Waals surface area contributed by atoms with E-state index in [4.69, 9.17) is 14.0 Å². The first-order valence-electron chi connectivity index (χ1n) is 7.85.